The number of benzene rings is 1. The summed E-state index contributed by atoms with van der Waals surface area (Å²) in [6.45, 7) is 3.23. The largest absolute Gasteiger partial charge is 0.310 e. The predicted molar refractivity (Wildman–Crippen MR) is 65.0 cm³/mol. The quantitative estimate of drug-likeness (QED) is 0.766. The number of nitrogens with one attached hydrogen (secondary N) is 1. The fourth-order valence-electron chi connectivity index (χ4n) is 2.44. The van der Waals surface area contributed by atoms with Crippen molar-refractivity contribution in [1.29, 1.82) is 0 Å². The second-order valence-corrected chi connectivity index (χ2v) is 4.60. The molecule has 1 atom stereocenters. The van der Waals surface area contributed by atoms with Gasteiger partial charge in [0.15, 0.2) is 0 Å². The molecule has 0 spiro atoms. The summed E-state index contributed by atoms with van der Waals surface area (Å²) in [7, 11) is 0. The Morgan fingerprint density at radius 2 is 2.31 bits per heavy atom. The van der Waals surface area contributed by atoms with E-state index >= 15 is 0 Å². The first-order valence-corrected chi connectivity index (χ1v) is 6.33. The van der Waals surface area contributed by atoms with E-state index in [0.29, 0.717) is 6.04 Å². The van der Waals surface area contributed by atoms with E-state index in [1.54, 1.807) is 12.1 Å². The van der Waals surface area contributed by atoms with Crippen LogP contribution in [-0.4, -0.2) is 6.54 Å². The third-order valence-corrected chi connectivity index (χ3v) is 3.34. The van der Waals surface area contributed by atoms with Crippen LogP contribution in [0.5, 0.6) is 0 Å². The molecule has 1 aromatic rings. The van der Waals surface area contributed by atoms with Crippen LogP contribution in [0.1, 0.15) is 49.8 Å². The Morgan fingerprint density at radius 1 is 1.44 bits per heavy atom. The van der Waals surface area contributed by atoms with Crippen molar-refractivity contribution in [2.75, 3.05) is 6.54 Å². The first-order valence-electron chi connectivity index (χ1n) is 6.33. The number of hydrogen-bond acceptors (Lipinski definition) is 1. The molecule has 1 N–H and O–H groups in total. The molecule has 0 radical (unpaired) electrons. The highest BCUT2D eigenvalue weighted by atomic mass is 19.1. The third kappa shape index (κ3) is 2.62. The van der Waals surface area contributed by atoms with Crippen LogP contribution in [0.25, 0.3) is 0 Å². The van der Waals surface area contributed by atoms with Crippen LogP contribution in [0.3, 0.4) is 0 Å². The maximum Gasteiger partial charge on any atom is 0.123 e. The summed E-state index contributed by atoms with van der Waals surface area (Å²) in [5, 5.41) is 3.54. The van der Waals surface area contributed by atoms with Gasteiger partial charge in [0, 0.05) is 6.04 Å². The monoisotopic (exact) mass is 221 g/mol. The van der Waals surface area contributed by atoms with Crippen molar-refractivity contribution in [3.8, 4) is 0 Å². The molecule has 1 aliphatic carbocycles. The van der Waals surface area contributed by atoms with Crippen molar-refractivity contribution in [2.24, 2.45) is 0 Å². The van der Waals surface area contributed by atoms with E-state index in [2.05, 4.69) is 12.2 Å². The Balaban J connectivity index is 2.09. The SMILES string of the molecule is CCCCNC1CCCc2ccc(F)cc21. The minimum absolute atomic E-state index is 0.108. The van der Waals surface area contributed by atoms with E-state index in [1.807, 2.05) is 6.07 Å². The van der Waals surface area contributed by atoms with Crippen molar-refractivity contribution in [3.05, 3.63) is 35.1 Å². The molecule has 0 saturated carbocycles. The Bertz CT molecular complexity index is 349. The molecule has 0 heterocycles. The Labute approximate surface area is 97.1 Å². The summed E-state index contributed by atoms with van der Waals surface area (Å²) < 4.78 is 13.2. The van der Waals surface area contributed by atoms with E-state index in [9.17, 15) is 4.39 Å². The van der Waals surface area contributed by atoms with Gasteiger partial charge in [0.2, 0.25) is 0 Å². The molecule has 0 aromatic heterocycles. The maximum absolute atomic E-state index is 13.2. The van der Waals surface area contributed by atoms with Gasteiger partial charge in [-0.05, 0) is 55.5 Å². The standard InChI is InChI=1S/C14H20FN/c1-2-3-9-16-14-6-4-5-11-7-8-12(15)10-13(11)14/h7-8,10,14,16H,2-6,9H2,1H3. The molecular weight excluding hydrogens is 201 g/mol. The van der Waals surface area contributed by atoms with Crippen LogP contribution < -0.4 is 5.32 Å². The van der Waals surface area contributed by atoms with Crippen LogP contribution >= 0.6 is 0 Å². The van der Waals surface area contributed by atoms with E-state index in [0.717, 1.165) is 19.4 Å². The lowest BCUT2D eigenvalue weighted by Crippen LogP contribution is -2.26. The second-order valence-electron chi connectivity index (χ2n) is 4.60. The minimum Gasteiger partial charge on any atom is -0.310 e. The highest BCUT2D eigenvalue weighted by Gasteiger charge is 2.19. The smallest absolute Gasteiger partial charge is 0.123 e. The molecule has 16 heavy (non-hydrogen) atoms. The normalized spacial score (nSPS) is 19.5. The zero-order valence-electron chi connectivity index (χ0n) is 9.93. The number of fused-ring (bicyclic) bond motifs is 1. The summed E-state index contributed by atoms with van der Waals surface area (Å²) in [4.78, 5) is 0. The molecule has 0 amide bonds. The first kappa shape index (κ1) is 11.6. The van der Waals surface area contributed by atoms with Crippen molar-refractivity contribution in [3.63, 3.8) is 0 Å². The maximum atomic E-state index is 13.2. The fraction of sp³-hybridized carbons (Fsp3) is 0.571. The minimum atomic E-state index is -0.108. The highest BCUT2D eigenvalue weighted by molar-refractivity contribution is 5.32. The van der Waals surface area contributed by atoms with Gasteiger partial charge in [-0.25, -0.2) is 4.39 Å². The van der Waals surface area contributed by atoms with Gasteiger partial charge in [-0.3, -0.25) is 0 Å². The molecule has 0 bridgehead atoms. The molecule has 1 aliphatic rings. The number of hydrogen-bond donors (Lipinski definition) is 1. The Hall–Kier alpha value is -0.890. The first-order chi connectivity index (χ1) is 7.81. The molecule has 1 nitrogen and oxygen atoms in total. The van der Waals surface area contributed by atoms with Crippen molar-refractivity contribution in [1.82, 2.24) is 5.32 Å². The molecule has 88 valence electrons. The molecular formula is C14H20FN. The molecule has 2 rings (SSSR count). The van der Waals surface area contributed by atoms with Gasteiger partial charge in [-0.2, -0.15) is 0 Å². The lowest BCUT2D eigenvalue weighted by atomic mass is 9.87. The lowest BCUT2D eigenvalue weighted by Gasteiger charge is -2.26. The summed E-state index contributed by atoms with van der Waals surface area (Å²) in [6, 6.07) is 5.59. The number of aryl methyl sites for hydroxylation is 1. The summed E-state index contributed by atoms with van der Waals surface area (Å²) >= 11 is 0. The molecule has 0 saturated heterocycles. The van der Waals surface area contributed by atoms with Gasteiger partial charge in [0.25, 0.3) is 0 Å². The third-order valence-electron chi connectivity index (χ3n) is 3.34. The van der Waals surface area contributed by atoms with Crippen molar-refractivity contribution < 1.29 is 4.39 Å². The van der Waals surface area contributed by atoms with E-state index in [1.165, 1.54) is 30.4 Å². The second kappa shape index (κ2) is 5.44. The zero-order chi connectivity index (χ0) is 11.4. The zero-order valence-corrected chi connectivity index (χ0v) is 9.93. The molecule has 0 fully saturated rings. The fourth-order valence-corrected chi connectivity index (χ4v) is 2.44. The van der Waals surface area contributed by atoms with Gasteiger partial charge in [-0.1, -0.05) is 19.4 Å². The van der Waals surface area contributed by atoms with Gasteiger partial charge in [-0.15, -0.1) is 0 Å². The average molecular weight is 221 g/mol. The predicted octanol–water partition coefficient (Wildman–Crippen LogP) is 3.59. The van der Waals surface area contributed by atoms with Gasteiger partial charge in [0.1, 0.15) is 5.82 Å². The molecule has 1 aromatic carbocycles. The molecule has 1 unspecified atom stereocenters. The van der Waals surface area contributed by atoms with Gasteiger partial charge < -0.3 is 5.32 Å². The summed E-state index contributed by atoms with van der Waals surface area (Å²) in [6.07, 6.45) is 5.85. The van der Waals surface area contributed by atoms with Crippen molar-refractivity contribution in [2.45, 2.75) is 45.1 Å². The Morgan fingerprint density at radius 3 is 3.12 bits per heavy atom. The van der Waals surface area contributed by atoms with Gasteiger partial charge in [0.05, 0.1) is 0 Å². The number of unbranched alkanes of at least 4 members (excludes halogenated alkanes) is 1. The van der Waals surface area contributed by atoms with Crippen LogP contribution in [0.4, 0.5) is 4.39 Å². The number of halogens is 1. The highest BCUT2D eigenvalue weighted by Crippen LogP contribution is 2.30. The van der Waals surface area contributed by atoms with Crippen LogP contribution in [0.15, 0.2) is 18.2 Å². The lowest BCUT2D eigenvalue weighted by molar-refractivity contribution is 0.451. The van der Waals surface area contributed by atoms with Crippen molar-refractivity contribution >= 4 is 0 Å². The summed E-state index contributed by atoms with van der Waals surface area (Å²) in [5.41, 5.74) is 2.50. The topological polar surface area (TPSA) is 12.0 Å². The van der Waals surface area contributed by atoms with Gasteiger partial charge >= 0.3 is 0 Å². The molecule has 2 heteroatoms. The number of rotatable bonds is 4. The van der Waals surface area contributed by atoms with E-state index in [4.69, 9.17) is 0 Å². The summed E-state index contributed by atoms with van der Waals surface area (Å²) in [5.74, 6) is -0.108. The van der Waals surface area contributed by atoms with E-state index in [-0.39, 0.29) is 5.82 Å². The van der Waals surface area contributed by atoms with E-state index < -0.39 is 0 Å². The molecule has 0 aliphatic heterocycles. The van der Waals surface area contributed by atoms with Crippen LogP contribution in [-0.2, 0) is 6.42 Å². The average Bonchev–Trinajstić information content (AvgIpc) is 2.30. The Kier molecular flexibility index (Phi) is 3.94. The van der Waals surface area contributed by atoms with Crippen LogP contribution in [0.2, 0.25) is 0 Å². The van der Waals surface area contributed by atoms with Crippen LogP contribution in [0, 0.1) is 5.82 Å².